The number of carbonyl (C=O) groups is 1. The van der Waals surface area contributed by atoms with Crippen LogP contribution in [0.3, 0.4) is 0 Å². The molecule has 2 rings (SSSR count). The number of hydrogen-bond donors (Lipinski definition) is 1. The van der Waals surface area contributed by atoms with E-state index in [-0.39, 0.29) is 5.97 Å². The average Bonchev–Trinajstić information content (AvgIpc) is 2.86. The van der Waals surface area contributed by atoms with Crippen LogP contribution >= 0.6 is 0 Å². The number of nitrogens with two attached hydrogens (primary N) is 1. The van der Waals surface area contributed by atoms with Crippen LogP contribution in [0.2, 0.25) is 0 Å². The summed E-state index contributed by atoms with van der Waals surface area (Å²) in [5.74, 6) is 0.283. The summed E-state index contributed by atoms with van der Waals surface area (Å²) in [6.45, 7) is 5.19. The summed E-state index contributed by atoms with van der Waals surface area (Å²) < 4.78 is 4.81. The molecule has 1 unspecified atom stereocenters. The predicted octanol–water partition coefficient (Wildman–Crippen LogP) is 1.75. The molecule has 2 N–H and O–H groups in total. The highest BCUT2D eigenvalue weighted by molar-refractivity contribution is 5.97. The van der Waals surface area contributed by atoms with E-state index < -0.39 is 0 Å². The highest BCUT2D eigenvalue weighted by Gasteiger charge is 2.22. The normalized spacial score (nSPS) is 18.8. The number of carbonyl (C=O) groups excluding carboxylic acids is 1. The van der Waals surface area contributed by atoms with Gasteiger partial charge < -0.3 is 20.3 Å². The molecule has 1 saturated heterocycles. The lowest BCUT2D eigenvalue weighted by atomic mass is 10.0. The highest BCUT2D eigenvalue weighted by Crippen LogP contribution is 2.27. The van der Waals surface area contributed by atoms with Crippen LogP contribution in [-0.4, -0.2) is 51.7 Å². The van der Waals surface area contributed by atoms with Gasteiger partial charge in [0.2, 0.25) is 0 Å². The number of anilines is 2. The van der Waals surface area contributed by atoms with Crippen molar-refractivity contribution in [1.29, 1.82) is 0 Å². The first-order chi connectivity index (χ1) is 9.92. The first kappa shape index (κ1) is 15.6. The van der Waals surface area contributed by atoms with E-state index in [1.165, 1.54) is 13.5 Å². The third kappa shape index (κ3) is 3.47. The molecule has 1 atom stereocenters. The van der Waals surface area contributed by atoms with Crippen LogP contribution in [0.5, 0.6) is 0 Å². The minimum atomic E-state index is -0.383. The molecule has 0 aliphatic carbocycles. The van der Waals surface area contributed by atoms with Gasteiger partial charge in [-0.25, -0.2) is 4.79 Å². The van der Waals surface area contributed by atoms with Gasteiger partial charge in [-0.15, -0.1) is 0 Å². The van der Waals surface area contributed by atoms with Crippen molar-refractivity contribution in [1.82, 2.24) is 4.90 Å². The van der Waals surface area contributed by atoms with E-state index in [0.29, 0.717) is 17.2 Å². The highest BCUT2D eigenvalue weighted by atomic mass is 16.5. The minimum Gasteiger partial charge on any atom is -0.465 e. The number of nitrogen functional groups attached to an aromatic ring is 1. The Morgan fingerprint density at radius 3 is 2.81 bits per heavy atom. The Morgan fingerprint density at radius 1 is 1.52 bits per heavy atom. The van der Waals surface area contributed by atoms with Crippen molar-refractivity contribution in [2.75, 3.05) is 51.5 Å². The zero-order valence-electron chi connectivity index (χ0n) is 13.3. The first-order valence-corrected chi connectivity index (χ1v) is 7.30. The third-order valence-corrected chi connectivity index (χ3v) is 4.24. The molecule has 5 nitrogen and oxygen atoms in total. The van der Waals surface area contributed by atoms with Crippen molar-refractivity contribution in [3.05, 3.63) is 23.3 Å². The molecule has 0 amide bonds. The third-order valence-electron chi connectivity index (χ3n) is 4.24. The molecular weight excluding hydrogens is 266 g/mol. The Bertz CT molecular complexity index is 530. The van der Waals surface area contributed by atoms with Crippen LogP contribution in [-0.2, 0) is 4.74 Å². The maximum absolute atomic E-state index is 11.8. The fourth-order valence-electron chi connectivity index (χ4n) is 2.95. The number of hydrogen-bond acceptors (Lipinski definition) is 5. The molecular formula is C16H25N3O2. The minimum absolute atomic E-state index is 0.383. The quantitative estimate of drug-likeness (QED) is 0.676. The van der Waals surface area contributed by atoms with Crippen LogP contribution in [0.15, 0.2) is 12.1 Å². The second-order valence-corrected chi connectivity index (χ2v) is 6.01. The molecule has 0 saturated carbocycles. The van der Waals surface area contributed by atoms with Crippen molar-refractivity contribution in [3.63, 3.8) is 0 Å². The largest absolute Gasteiger partial charge is 0.465 e. The molecule has 0 bridgehead atoms. The molecule has 1 aliphatic rings. The van der Waals surface area contributed by atoms with E-state index in [1.54, 1.807) is 0 Å². The lowest BCUT2D eigenvalue weighted by Crippen LogP contribution is -2.27. The monoisotopic (exact) mass is 291 g/mol. The Kier molecular flexibility index (Phi) is 4.73. The van der Waals surface area contributed by atoms with Crippen molar-refractivity contribution < 1.29 is 9.53 Å². The van der Waals surface area contributed by atoms with E-state index in [0.717, 1.165) is 30.9 Å². The molecule has 1 fully saturated rings. The SMILES string of the molecule is COC(=O)c1cc(N(C)CC2CCN(C)C2)cc(C)c1N. The molecule has 1 aromatic carbocycles. The van der Waals surface area contributed by atoms with Gasteiger partial charge in [-0.2, -0.15) is 0 Å². The van der Waals surface area contributed by atoms with Gasteiger partial charge in [-0.05, 0) is 50.6 Å². The van der Waals surface area contributed by atoms with Crippen LogP contribution in [0.4, 0.5) is 11.4 Å². The topological polar surface area (TPSA) is 58.8 Å². The average molecular weight is 291 g/mol. The van der Waals surface area contributed by atoms with Gasteiger partial charge in [-0.1, -0.05) is 0 Å². The Hall–Kier alpha value is -1.75. The summed E-state index contributed by atoms with van der Waals surface area (Å²) in [5.41, 5.74) is 8.85. The maximum atomic E-state index is 11.8. The molecule has 1 aromatic rings. The maximum Gasteiger partial charge on any atom is 0.340 e. The number of aryl methyl sites for hydroxylation is 1. The van der Waals surface area contributed by atoms with Crippen molar-refractivity contribution in [3.8, 4) is 0 Å². The van der Waals surface area contributed by atoms with Crippen molar-refractivity contribution >= 4 is 17.3 Å². The number of methoxy groups -OCH3 is 1. The molecule has 1 heterocycles. The molecule has 116 valence electrons. The van der Waals surface area contributed by atoms with Crippen LogP contribution < -0.4 is 10.6 Å². The van der Waals surface area contributed by atoms with Gasteiger partial charge in [0.25, 0.3) is 0 Å². The number of nitrogens with zero attached hydrogens (tertiary/aromatic N) is 2. The summed E-state index contributed by atoms with van der Waals surface area (Å²) >= 11 is 0. The number of ether oxygens (including phenoxy) is 1. The summed E-state index contributed by atoms with van der Waals surface area (Å²) in [6, 6.07) is 3.85. The Labute approximate surface area is 126 Å². The van der Waals surface area contributed by atoms with E-state index in [2.05, 4.69) is 23.9 Å². The standard InChI is InChI=1S/C16H25N3O2/c1-11-7-13(8-14(15(11)17)16(20)21-4)19(3)10-12-5-6-18(2)9-12/h7-8,12H,5-6,9-10,17H2,1-4H3. The molecule has 1 aliphatic heterocycles. The smallest absolute Gasteiger partial charge is 0.340 e. The van der Waals surface area contributed by atoms with Crippen molar-refractivity contribution in [2.24, 2.45) is 5.92 Å². The zero-order chi connectivity index (χ0) is 15.6. The van der Waals surface area contributed by atoms with Gasteiger partial charge in [0.05, 0.1) is 12.7 Å². The molecule has 21 heavy (non-hydrogen) atoms. The van der Waals surface area contributed by atoms with E-state index in [1.807, 2.05) is 19.1 Å². The number of esters is 1. The first-order valence-electron chi connectivity index (χ1n) is 7.30. The zero-order valence-corrected chi connectivity index (χ0v) is 13.3. The van der Waals surface area contributed by atoms with E-state index >= 15 is 0 Å². The Morgan fingerprint density at radius 2 is 2.24 bits per heavy atom. The van der Waals surface area contributed by atoms with Gasteiger partial charge in [-0.3, -0.25) is 0 Å². The fraction of sp³-hybridized carbons (Fsp3) is 0.562. The summed E-state index contributed by atoms with van der Waals surface area (Å²) in [6.07, 6.45) is 1.22. The number of rotatable bonds is 4. The molecule has 0 aromatic heterocycles. The second-order valence-electron chi connectivity index (χ2n) is 6.01. The van der Waals surface area contributed by atoms with Crippen LogP contribution in [0.1, 0.15) is 22.3 Å². The van der Waals surface area contributed by atoms with Gasteiger partial charge >= 0.3 is 5.97 Å². The van der Waals surface area contributed by atoms with Crippen LogP contribution in [0.25, 0.3) is 0 Å². The van der Waals surface area contributed by atoms with Gasteiger partial charge in [0.15, 0.2) is 0 Å². The predicted molar refractivity (Wildman–Crippen MR) is 85.8 cm³/mol. The molecule has 0 radical (unpaired) electrons. The van der Waals surface area contributed by atoms with Gasteiger partial charge in [0.1, 0.15) is 0 Å². The summed E-state index contributed by atoms with van der Waals surface area (Å²) in [5, 5.41) is 0. The number of benzene rings is 1. The van der Waals surface area contributed by atoms with Crippen molar-refractivity contribution in [2.45, 2.75) is 13.3 Å². The lowest BCUT2D eigenvalue weighted by molar-refractivity contribution is 0.0602. The van der Waals surface area contributed by atoms with E-state index in [9.17, 15) is 4.79 Å². The molecule has 0 spiro atoms. The summed E-state index contributed by atoms with van der Waals surface area (Å²) in [4.78, 5) is 16.4. The van der Waals surface area contributed by atoms with Gasteiger partial charge in [0, 0.05) is 31.5 Å². The summed E-state index contributed by atoms with van der Waals surface area (Å²) in [7, 11) is 5.59. The Balaban J connectivity index is 2.19. The van der Waals surface area contributed by atoms with E-state index in [4.69, 9.17) is 10.5 Å². The fourth-order valence-corrected chi connectivity index (χ4v) is 2.95. The van der Waals surface area contributed by atoms with Crippen LogP contribution in [0, 0.1) is 12.8 Å². The second kappa shape index (κ2) is 6.35. The number of likely N-dealkylation sites (tertiary alicyclic amines) is 1. The molecule has 5 heteroatoms. The lowest BCUT2D eigenvalue weighted by Gasteiger charge is -2.24.